The Morgan fingerprint density at radius 1 is 1.19 bits per heavy atom. The molecule has 2 aromatic rings. The van der Waals surface area contributed by atoms with E-state index in [2.05, 4.69) is 51.0 Å². The van der Waals surface area contributed by atoms with Crippen LogP contribution in [0.25, 0.3) is 17.8 Å². The second-order valence-corrected chi connectivity index (χ2v) is 9.36. The first kappa shape index (κ1) is 22.0. The molecule has 31 heavy (non-hydrogen) atoms. The molecule has 7 heteroatoms. The molecule has 1 aliphatic carbocycles. The summed E-state index contributed by atoms with van der Waals surface area (Å²) in [4.78, 5) is 7.12. The van der Waals surface area contributed by atoms with E-state index in [0.29, 0.717) is 5.92 Å². The highest BCUT2D eigenvalue weighted by Crippen LogP contribution is 2.18. The molecule has 6 N–H and O–H groups in total. The number of fused-ring (bicyclic) bond motifs is 1. The lowest BCUT2D eigenvalue weighted by Gasteiger charge is -2.33. The topological polar surface area (TPSA) is 86.3 Å². The predicted octanol–water partition coefficient (Wildman–Crippen LogP) is 1.81. The smallest absolute Gasteiger partial charge is 0.0585 e. The number of aromatic amines is 1. The molecule has 1 aromatic heterocycles. The molecule has 0 radical (unpaired) electrons. The number of nitrogens with two attached hydrogens (primary N) is 2. The maximum absolute atomic E-state index is 6.37. The number of likely N-dealkylation sites (tertiary alicyclic amines) is 1. The van der Waals surface area contributed by atoms with E-state index >= 15 is 0 Å². The fourth-order valence-electron chi connectivity index (χ4n) is 4.35. The maximum Gasteiger partial charge on any atom is 0.0585 e. The Labute approximate surface area is 189 Å². The number of rotatable bonds is 9. The normalized spacial score (nSPS) is 17.6. The van der Waals surface area contributed by atoms with Gasteiger partial charge in [-0.1, -0.05) is 30.4 Å². The molecule has 1 aromatic carbocycles. The zero-order valence-electron chi connectivity index (χ0n) is 18.1. The molecule has 0 amide bonds. The van der Waals surface area contributed by atoms with Crippen LogP contribution < -0.4 is 26.9 Å². The van der Waals surface area contributed by atoms with E-state index in [1.807, 2.05) is 18.5 Å². The third kappa shape index (κ3) is 6.17. The van der Waals surface area contributed by atoms with Crippen molar-refractivity contribution < 1.29 is 0 Å². The van der Waals surface area contributed by atoms with E-state index in [-0.39, 0.29) is 0 Å². The SMILES string of the molecule is N/C(=C\N(N)CC1CCN(CCNSc2ccccc2)CC1)c1c[nH]c2c1=CCCC=2. The summed E-state index contributed by atoms with van der Waals surface area (Å²) in [6.07, 6.45) is 12.9. The van der Waals surface area contributed by atoms with Gasteiger partial charge in [-0.2, -0.15) is 0 Å². The van der Waals surface area contributed by atoms with Crippen LogP contribution >= 0.6 is 11.9 Å². The summed E-state index contributed by atoms with van der Waals surface area (Å²) in [5.74, 6) is 6.91. The predicted molar refractivity (Wildman–Crippen MR) is 131 cm³/mol. The lowest BCUT2D eigenvalue weighted by atomic mass is 9.96. The van der Waals surface area contributed by atoms with Crippen LogP contribution in [0.15, 0.2) is 47.6 Å². The van der Waals surface area contributed by atoms with Crippen molar-refractivity contribution in [3.05, 3.63) is 58.9 Å². The number of H-pyrrole nitrogens is 1. The van der Waals surface area contributed by atoms with Gasteiger partial charge < -0.3 is 20.6 Å². The molecule has 0 saturated carbocycles. The van der Waals surface area contributed by atoms with Crippen molar-refractivity contribution in [2.45, 2.75) is 30.6 Å². The fraction of sp³-hybridized carbons (Fsp3) is 0.417. The molecule has 0 spiro atoms. The number of hydrogen-bond donors (Lipinski definition) is 4. The van der Waals surface area contributed by atoms with E-state index < -0.39 is 0 Å². The van der Waals surface area contributed by atoms with Gasteiger partial charge in [0.25, 0.3) is 0 Å². The average molecular weight is 439 g/mol. The molecule has 2 aliphatic rings. The number of benzene rings is 1. The van der Waals surface area contributed by atoms with E-state index in [1.165, 1.54) is 28.3 Å². The number of nitrogens with one attached hydrogen (secondary N) is 2. The van der Waals surface area contributed by atoms with Gasteiger partial charge in [0.05, 0.1) is 5.70 Å². The van der Waals surface area contributed by atoms with E-state index in [9.17, 15) is 0 Å². The van der Waals surface area contributed by atoms with Gasteiger partial charge in [-0.15, -0.1) is 0 Å². The highest BCUT2D eigenvalue weighted by Gasteiger charge is 2.20. The number of piperidine rings is 1. The van der Waals surface area contributed by atoms with Crippen LogP contribution in [-0.4, -0.2) is 47.6 Å². The largest absolute Gasteiger partial charge is 0.397 e. The van der Waals surface area contributed by atoms with Gasteiger partial charge in [-0.05, 0) is 68.8 Å². The number of hydrogen-bond acceptors (Lipinski definition) is 6. The first-order valence-electron chi connectivity index (χ1n) is 11.2. The fourth-order valence-corrected chi connectivity index (χ4v) is 5.01. The minimum absolute atomic E-state index is 0.608. The van der Waals surface area contributed by atoms with Gasteiger partial charge in [0.2, 0.25) is 0 Å². The van der Waals surface area contributed by atoms with Crippen LogP contribution in [0.3, 0.4) is 0 Å². The minimum Gasteiger partial charge on any atom is -0.397 e. The summed E-state index contributed by atoms with van der Waals surface area (Å²) in [7, 11) is 0. The van der Waals surface area contributed by atoms with Gasteiger partial charge in [0, 0.05) is 53.1 Å². The van der Waals surface area contributed by atoms with Crippen LogP contribution in [0.4, 0.5) is 0 Å². The highest BCUT2D eigenvalue weighted by molar-refractivity contribution is 7.97. The number of aromatic nitrogens is 1. The molecule has 0 atom stereocenters. The van der Waals surface area contributed by atoms with Gasteiger partial charge in [-0.3, -0.25) is 4.72 Å². The minimum atomic E-state index is 0.608. The first-order valence-corrected chi connectivity index (χ1v) is 12.0. The van der Waals surface area contributed by atoms with Gasteiger partial charge in [-0.25, -0.2) is 5.84 Å². The second-order valence-electron chi connectivity index (χ2n) is 8.39. The quantitative estimate of drug-likeness (QED) is 0.207. The van der Waals surface area contributed by atoms with Crippen molar-refractivity contribution in [1.82, 2.24) is 19.6 Å². The van der Waals surface area contributed by atoms with Crippen molar-refractivity contribution in [2.75, 3.05) is 32.7 Å². The first-order chi connectivity index (χ1) is 15.2. The molecule has 0 bridgehead atoms. The van der Waals surface area contributed by atoms with E-state index in [0.717, 1.165) is 56.8 Å². The third-order valence-electron chi connectivity index (χ3n) is 6.07. The van der Waals surface area contributed by atoms with E-state index in [4.69, 9.17) is 11.6 Å². The maximum atomic E-state index is 6.37. The molecule has 1 aliphatic heterocycles. The van der Waals surface area contributed by atoms with Gasteiger partial charge in [0.1, 0.15) is 0 Å². The van der Waals surface area contributed by atoms with Crippen molar-refractivity contribution in [3.63, 3.8) is 0 Å². The van der Waals surface area contributed by atoms with E-state index in [1.54, 1.807) is 17.0 Å². The summed E-state index contributed by atoms with van der Waals surface area (Å²) < 4.78 is 3.47. The Balaban J connectivity index is 1.18. The monoisotopic (exact) mass is 438 g/mol. The van der Waals surface area contributed by atoms with Crippen molar-refractivity contribution in [2.24, 2.45) is 17.5 Å². The molecule has 1 saturated heterocycles. The molecule has 0 unspecified atom stereocenters. The summed E-state index contributed by atoms with van der Waals surface area (Å²) >= 11 is 1.71. The standard InChI is InChI=1S/C24H34N6S/c25-23(22-16-27-24-9-5-4-8-21(22)24)18-30(26)17-19-10-13-29(14-11-19)15-12-28-31-20-6-2-1-3-7-20/h1-3,6-9,16,18-19,27-28H,4-5,10-15,17,25-26H2/b23-18-. The Kier molecular flexibility index (Phi) is 7.75. The summed E-state index contributed by atoms with van der Waals surface area (Å²) in [5.41, 5.74) is 8.15. The molecule has 2 heterocycles. The lowest BCUT2D eigenvalue weighted by Crippen LogP contribution is -2.41. The molecule has 6 nitrogen and oxygen atoms in total. The second kappa shape index (κ2) is 10.9. The van der Waals surface area contributed by atoms with Gasteiger partial charge in [0.15, 0.2) is 0 Å². The zero-order chi connectivity index (χ0) is 21.5. The summed E-state index contributed by atoms with van der Waals surface area (Å²) in [6, 6.07) is 10.4. The molecular weight excluding hydrogens is 404 g/mol. The Bertz CT molecular complexity index is 975. The molecule has 4 rings (SSSR count). The Morgan fingerprint density at radius 2 is 1.97 bits per heavy atom. The zero-order valence-corrected chi connectivity index (χ0v) is 18.9. The third-order valence-corrected chi connectivity index (χ3v) is 6.93. The Morgan fingerprint density at radius 3 is 2.77 bits per heavy atom. The summed E-state index contributed by atoms with van der Waals surface area (Å²) in [5, 5.41) is 4.16. The van der Waals surface area contributed by atoms with Crippen molar-refractivity contribution in [3.8, 4) is 0 Å². The van der Waals surface area contributed by atoms with Gasteiger partial charge >= 0.3 is 0 Å². The molecule has 1 fully saturated rings. The summed E-state index contributed by atoms with van der Waals surface area (Å²) in [6.45, 7) is 5.18. The van der Waals surface area contributed by atoms with Crippen LogP contribution in [-0.2, 0) is 0 Å². The van der Waals surface area contributed by atoms with Crippen molar-refractivity contribution in [1.29, 1.82) is 0 Å². The average Bonchev–Trinajstić information content (AvgIpc) is 3.23. The van der Waals surface area contributed by atoms with Crippen LogP contribution in [0, 0.1) is 5.92 Å². The van der Waals surface area contributed by atoms with Crippen LogP contribution in [0.5, 0.6) is 0 Å². The van der Waals surface area contributed by atoms with Crippen LogP contribution in [0.2, 0.25) is 0 Å². The Hall–Kier alpha value is -2.19. The van der Waals surface area contributed by atoms with Crippen LogP contribution in [0.1, 0.15) is 31.2 Å². The highest BCUT2D eigenvalue weighted by atomic mass is 32.2. The lowest BCUT2D eigenvalue weighted by molar-refractivity contribution is 0.164. The molecule has 166 valence electrons. The number of hydrazine groups is 1. The molecular formula is C24H34N6S. The number of nitrogens with zero attached hydrogens (tertiary/aromatic N) is 2. The van der Waals surface area contributed by atoms with Crippen molar-refractivity contribution >= 4 is 29.8 Å².